The van der Waals surface area contributed by atoms with E-state index in [-0.39, 0.29) is 0 Å². The van der Waals surface area contributed by atoms with E-state index in [0.717, 1.165) is 29.0 Å². The van der Waals surface area contributed by atoms with Crippen molar-refractivity contribution < 1.29 is 9.47 Å². The lowest BCUT2D eigenvalue weighted by atomic mass is 10.1. The zero-order chi connectivity index (χ0) is 10.7. The van der Waals surface area contributed by atoms with Gasteiger partial charge in [0.2, 0.25) is 0 Å². The highest BCUT2D eigenvalue weighted by molar-refractivity contribution is 6.19. The molecule has 82 valence electrons. The van der Waals surface area contributed by atoms with E-state index in [2.05, 4.69) is 0 Å². The van der Waals surface area contributed by atoms with Gasteiger partial charge in [-0.1, -0.05) is 6.07 Å². The molecule has 0 spiro atoms. The minimum absolute atomic E-state index is 0.397. The molecule has 0 atom stereocenters. The molecule has 1 aromatic carbocycles. The smallest absolute Gasteiger partial charge is 0.165 e. The SMILES string of the molecule is ClCc1ccc2c(c1CCl)OCCCO2. The molecule has 1 aliphatic heterocycles. The van der Waals surface area contributed by atoms with Gasteiger partial charge in [-0.15, -0.1) is 23.2 Å². The van der Waals surface area contributed by atoms with Crippen LogP contribution in [0.3, 0.4) is 0 Å². The standard InChI is InChI=1S/C11H12Cl2O2/c12-6-8-2-3-10-11(9(8)7-13)15-5-1-4-14-10/h2-3H,1,4-7H2. The zero-order valence-corrected chi connectivity index (χ0v) is 9.77. The van der Waals surface area contributed by atoms with E-state index in [1.165, 1.54) is 0 Å². The van der Waals surface area contributed by atoms with Gasteiger partial charge in [0.25, 0.3) is 0 Å². The van der Waals surface area contributed by atoms with Gasteiger partial charge in [0.1, 0.15) is 0 Å². The van der Waals surface area contributed by atoms with Gasteiger partial charge in [0.05, 0.1) is 19.1 Å². The van der Waals surface area contributed by atoms with E-state index in [4.69, 9.17) is 32.7 Å². The molecule has 0 saturated carbocycles. The topological polar surface area (TPSA) is 18.5 Å². The van der Waals surface area contributed by atoms with Crippen LogP contribution in [0.1, 0.15) is 17.5 Å². The highest BCUT2D eigenvalue weighted by Gasteiger charge is 2.16. The third kappa shape index (κ3) is 2.16. The molecule has 0 saturated heterocycles. The Balaban J connectivity index is 2.47. The van der Waals surface area contributed by atoms with Crippen molar-refractivity contribution in [2.45, 2.75) is 18.2 Å². The number of rotatable bonds is 2. The van der Waals surface area contributed by atoms with Gasteiger partial charge in [-0.2, -0.15) is 0 Å². The second-order valence-corrected chi connectivity index (χ2v) is 3.88. The van der Waals surface area contributed by atoms with Crippen molar-refractivity contribution in [3.05, 3.63) is 23.3 Å². The maximum absolute atomic E-state index is 5.91. The second kappa shape index (κ2) is 4.95. The Bertz CT molecular complexity index is 353. The van der Waals surface area contributed by atoms with Gasteiger partial charge < -0.3 is 9.47 Å². The molecule has 0 fully saturated rings. The summed E-state index contributed by atoms with van der Waals surface area (Å²) in [4.78, 5) is 0. The largest absolute Gasteiger partial charge is 0.490 e. The summed E-state index contributed by atoms with van der Waals surface area (Å²) in [5.74, 6) is 2.38. The van der Waals surface area contributed by atoms with E-state index in [1.807, 2.05) is 12.1 Å². The van der Waals surface area contributed by atoms with Crippen molar-refractivity contribution in [2.75, 3.05) is 13.2 Å². The molecule has 0 bridgehead atoms. The average Bonchev–Trinajstić information content (AvgIpc) is 2.52. The second-order valence-electron chi connectivity index (χ2n) is 3.35. The summed E-state index contributed by atoms with van der Waals surface area (Å²) in [5, 5.41) is 0. The lowest BCUT2D eigenvalue weighted by Crippen LogP contribution is -1.99. The molecule has 4 heteroatoms. The van der Waals surface area contributed by atoms with Crippen LogP contribution in [0, 0.1) is 0 Å². The van der Waals surface area contributed by atoms with Crippen molar-refractivity contribution in [1.82, 2.24) is 0 Å². The average molecular weight is 247 g/mol. The summed E-state index contributed by atoms with van der Waals surface area (Å²) < 4.78 is 11.2. The summed E-state index contributed by atoms with van der Waals surface area (Å²) in [5.41, 5.74) is 1.96. The molecule has 1 heterocycles. The van der Waals surface area contributed by atoms with Gasteiger partial charge in [-0.25, -0.2) is 0 Å². The Hall–Kier alpha value is -0.600. The Morgan fingerprint density at radius 3 is 2.60 bits per heavy atom. The number of halogens is 2. The van der Waals surface area contributed by atoms with E-state index >= 15 is 0 Å². The molecule has 0 N–H and O–H groups in total. The van der Waals surface area contributed by atoms with Gasteiger partial charge >= 0.3 is 0 Å². The van der Waals surface area contributed by atoms with Gasteiger partial charge in [-0.05, 0) is 11.6 Å². The van der Waals surface area contributed by atoms with E-state index in [0.29, 0.717) is 25.0 Å². The van der Waals surface area contributed by atoms with E-state index in [1.54, 1.807) is 0 Å². The van der Waals surface area contributed by atoms with Crippen molar-refractivity contribution >= 4 is 23.2 Å². The van der Waals surface area contributed by atoms with Crippen LogP contribution in [0.15, 0.2) is 12.1 Å². The molecule has 0 aromatic heterocycles. The first-order chi connectivity index (χ1) is 7.36. The normalized spacial score (nSPS) is 14.8. The highest BCUT2D eigenvalue weighted by atomic mass is 35.5. The fourth-order valence-corrected chi connectivity index (χ4v) is 2.15. The van der Waals surface area contributed by atoms with Crippen LogP contribution in [0.5, 0.6) is 11.5 Å². The summed E-state index contributed by atoms with van der Waals surface area (Å²) >= 11 is 11.7. The molecule has 0 radical (unpaired) electrons. The van der Waals surface area contributed by atoms with Crippen molar-refractivity contribution in [3.8, 4) is 11.5 Å². The minimum atomic E-state index is 0.397. The van der Waals surface area contributed by atoms with Crippen LogP contribution >= 0.6 is 23.2 Å². The molecular formula is C11H12Cl2O2. The first-order valence-corrected chi connectivity index (χ1v) is 5.96. The van der Waals surface area contributed by atoms with Gasteiger partial charge in [-0.3, -0.25) is 0 Å². The lowest BCUT2D eigenvalue weighted by Gasteiger charge is -2.13. The van der Waals surface area contributed by atoms with E-state index in [9.17, 15) is 0 Å². The molecule has 15 heavy (non-hydrogen) atoms. The summed E-state index contributed by atoms with van der Waals surface area (Å²) in [6.07, 6.45) is 0.895. The molecule has 0 amide bonds. The fraction of sp³-hybridized carbons (Fsp3) is 0.455. The quantitative estimate of drug-likeness (QED) is 0.746. The number of fused-ring (bicyclic) bond motifs is 1. The van der Waals surface area contributed by atoms with Gasteiger partial charge in [0.15, 0.2) is 11.5 Å². The number of hydrogen-bond donors (Lipinski definition) is 0. The Kier molecular flexibility index (Phi) is 3.60. The first kappa shape index (κ1) is 10.9. The van der Waals surface area contributed by atoms with Crippen molar-refractivity contribution in [3.63, 3.8) is 0 Å². The van der Waals surface area contributed by atoms with Gasteiger partial charge in [0, 0.05) is 17.9 Å². The van der Waals surface area contributed by atoms with E-state index < -0.39 is 0 Å². The Labute approximate surface area is 99.1 Å². The molecular weight excluding hydrogens is 235 g/mol. The van der Waals surface area contributed by atoms with Crippen LogP contribution in [0.2, 0.25) is 0 Å². The Morgan fingerprint density at radius 1 is 1.07 bits per heavy atom. The summed E-state index contributed by atoms with van der Waals surface area (Å²) in [6, 6.07) is 3.84. The van der Waals surface area contributed by atoms with Crippen LogP contribution in [0.4, 0.5) is 0 Å². The fourth-order valence-electron chi connectivity index (χ4n) is 1.61. The number of alkyl halides is 2. The lowest BCUT2D eigenvalue weighted by molar-refractivity contribution is 0.296. The van der Waals surface area contributed by atoms with Crippen molar-refractivity contribution in [2.24, 2.45) is 0 Å². The monoisotopic (exact) mass is 246 g/mol. The molecule has 1 aliphatic rings. The van der Waals surface area contributed by atoms with Crippen LogP contribution in [0.25, 0.3) is 0 Å². The molecule has 1 aromatic rings. The maximum Gasteiger partial charge on any atom is 0.165 e. The first-order valence-electron chi connectivity index (χ1n) is 4.89. The molecule has 0 unspecified atom stereocenters. The third-order valence-corrected chi connectivity index (χ3v) is 2.95. The summed E-state index contributed by atoms with van der Waals surface area (Å²) in [6.45, 7) is 1.36. The molecule has 2 rings (SSSR count). The summed E-state index contributed by atoms with van der Waals surface area (Å²) in [7, 11) is 0. The zero-order valence-electron chi connectivity index (χ0n) is 8.26. The Morgan fingerprint density at radius 2 is 1.87 bits per heavy atom. The van der Waals surface area contributed by atoms with Crippen LogP contribution < -0.4 is 9.47 Å². The third-order valence-electron chi connectivity index (χ3n) is 2.39. The highest BCUT2D eigenvalue weighted by Crippen LogP contribution is 2.36. The predicted molar refractivity (Wildman–Crippen MR) is 61.2 cm³/mol. The number of benzene rings is 1. The van der Waals surface area contributed by atoms with Crippen molar-refractivity contribution in [1.29, 1.82) is 0 Å². The van der Waals surface area contributed by atoms with Crippen LogP contribution in [-0.4, -0.2) is 13.2 Å². The maximum atomic E-state index is 5.91. The molecule has 2 nitrogen and oxygen atoms in total. The molecule has 0 aliphatic carbocycles. The predicted octanol–water partition coefficient (Wildman–Crippen LogP) is 3.33. The minimum Gasteiger partial charge on any atom is -0.490 e. The van der Waals surface area contributed by atoms with Crippen LogP contribution in [-0.2, 0) is 11.8 Å². The number of hydrogen-bond acceptors (Lipinski definition) is 2. The number of ether oxygens (including phenoxy) is 2.